The highest BCUT2D eigenvalue weighted by molar-refractivity contribution is 8.00. The zero-order valence-electron chi connectivity index (χ0n) is 14.2. The summed E-state index contributed by atoms with van der Waals surface area (Å²) in [6.07, 6.45) is 4.02. The molecule has 0 aromatic carbocycles. The van der Waals surface area contributed by atoms with E-state index in [1.807, 2.05) is 0 Å². The molecule has 0 atom stereocenters. The van der Waals surface area contributed by atoms with Crippen molar-refractivity contribution in [2.24, 2.45) is 0 Å². The second-order valence-electron chi connectivity index (χ2n) is 5.89. The first-order chi connectivity index (χ1) is 12.0. The largest absolute Gasteiger partial charge is 0.341 e. The molecule has 1 aliphatic rings. The maximum absolute atomic E-state index is 11.3. The second kappa shape index (κ2) is 8.09. The number of ketones is 2. The van der Waals surface area contributed by atoms with Gasteiger partial charge in [0.1, 0.15) is 16.6 Å². The fourth-order valence-corrected chi connectivity index (χ4v) is 3.93. The number of nitrogens with zero attached hydrogens (tertiary/aromatic N) is 5. The van der Waals surface area contributed by atoms with Crippen molar-refractivity contribution in [2.75, 3.05) is 29.5 Å². The maximum Gasteiger partial charge on any atom is 0.227 e. The lowest BCUT2D eigenvalue weighted by Crippen LogP contribution is -2.20. The van der Waals surface area contributed by atoms with E-state index in [4.69, 9.17) is 0 Å². The number of anilines is 1. The molecule has 1 saturated heterocycles. The van der Waals surface area contributed by atoms with Gasteiger partial charge in [-0.15, -0.1) is 0 Å². The van der Waals surface area contributed by atoms with E-state index in [-0.39, 0.29) is 11.6 Å². The van der Waals surface area contributed by atoms with Crippen LogP contribution in [0.3, 0.4) is 0 Å². The van der Waals surface area contributed by atoms with Gasteiger partial charge in [0, 0.05) is 19.3 Å². The van der Waals surface area contributed by atoms with E-state index in [9.17, 15) is 9.59 Å². The Kier molecular flexibility index (Phi) is 5.85. The molecule has 7 nitrogen and oxygen atoms in total. The number of aromatic nitrogens is 4. The lowest BCUT2D eigenvalue weighted by atomic mass is 10.4. The highest BCUT2D eigenvalue weighted by atomic mass is 32.2. The Morgan fingerprint density at radius 3 is 2.40 bits per heavy atom. The van der Waals surface area contributed by atoms with Crippen LogP contribution in [-0.4, -0.2) is 56.1 Å². The van der Waals surface area contributed by atoms with Gasteiger partial charge in [-0.1, -0.05) is 23.5 Å². The monoisotopic (exact) mass is 377 g/mol. The van der Waals surface area contributed by atoms with Crippen LogP contribution < -0.4 is 4.90 Å². The van der Waals surface area contributed by atoms with Crippen LogP contribution in [0.2, 0.25) is 0 Å². The number of rotatable bonds is 7. The topological polar surface area (TPSA) is 88.9 Å². The number of thioether (sulfide) groups is 2. The fraction of sp³-hybridized carbons (Fsp3) is 0.500. The first-order valence-electron chi connectivity index (χ1n) is 8.07. The van der Waals surface area contributed by atoms with Gasteiger partial charge in [0.25, 0.3) is 0 Å². The van der Waals surface area contributed by atoms with Crippen LogP contribution >= 0.6 is 23.5 Å². The standard InChI is InChI=1S/C16H19N5O2S2/c1-10(22)8-24-14-12-7-17-15(21-5-3-4-6-21)18-13(12)19-16(20-14)25-9-11(2)23/h7H,3-6,8-9H2,1-2H3. The molecule has 0 bridgehead atoms. The molecule has 0 unspecified atom stereocenters. The number of Topliss-reactive ketones (excluding diaryl/α,β-unsaturated/α-hetero) is 2. The van der Waals surface area contributed by atoms with Crippen LogP contribution in [-0.2, 0) is 9.59 Å². The van der Waals surface area contributed by atoms with Crippen molar-refractivity contribution < 1.29 is 9.59 Å². The molecule has 132 valence electrons. The third kappa shape index (κ3) is 4.66. The molecule has 2 aromatic rings. The minimum Gasteiger partial charge on any atom is -0.341 e. The fourth-order valence-electron chi connectivity index (χ4n) is 2.44. The van der Waals surface area contributed by atoms with Crippen molar-refractivity contribution in [2.45, 2.75) is 36.9 Å². The smallest absolute Gasteiger partial charge is 0.227 e. The number of hydrogen-bond acceptors (Lipinski definition) is 9. The first kappa shape index (κ1) is 18.1. The summed E-state index contributed by atoms with van der Waals surface area (Å²) in [7, 11) is 0. The van der Waals surface area contributed by atoms with Crippen molar-refractivity contribution in [3.63, 3.8) is 0 Å². The summed E-state index contributed by atoms with van der Waals surface area (Å²) < 4.78 is 0. The van der Waals surface area contributed by atoms with Crippen LogP contribution in [0.1, 0.15) is 26.7 Å². The summed E-state index contributed by atoms with van der Waals surface area (Å²) >= 11 is 2.64. The number of carbonyl (C=O) groups is 2. The van der Waals surface area contributed by atoms with Gasteiger partial charge in [0.2, 0.25) is 5.95 Å². The van der Waals surface area contributed by atoms with E-state index in [0.717, 1.165) is 31.3 Å². The van der Waals surface area contributed by atoms with Crippen molar-refractivity contribution >= 4 is 52.1 Å². The molecule has 25 heavy (non-hydrogen) atoms. The van der Waals surface area contributed by atoms with Crippen LogP contribution in [0.25, 0.3) is 11.0 Å². The minimum absolute atomic E-state index is 0.0621. The van der Waals surface area contributed by atoms with Crippen LogP contribution in [0.4, 0.5) is 5.95 Å². The molecule has 0 N–H and O–H groups in total. The molecule has 9 heteroatoms. The molecule has 3 rings (SSSR count). The van der Waals surface area contributed by atoms with E-state index in [0.29, 0.717) is 33.3 Å². The van der Waals surface area contributed by atoms with Crippen LogP contribution in [0.5, 0.6) is 0 Å². The molecule has 3 heterocycles. The van der Waals surface area contributed by atoms with Crippen molar-refractivity contribution in [3.05, 3.63) is 6.20 Å². The number of carbonyl (C=O) groups excluding carboxylic acids is 2. The lowest BCUT2D eigenvalue weighted by Gasteiger charge is -2.15. The Morgan fingerprint density at radius 1 is 1.04 bits per heavy atom. The zero-order valence-corrected chi connectivity index (χ0v) is 15.8. The molecule has 0 radical (unpaired) electrons. The molecular weight excluding hydrogens is 358 g/mol. The highest BCUT2D eigenvalue weighted by Gasteiger charge is 2.18. The summed E-state index contributed by atoms with van der Waals surface area (Å²) in [4.78, 5) is 42.8. The third-order valence-corrected chi connectivity index (χ3v) is 5.72. The predicted molar refractivity (Wildman–Crippen MR) is 99.4 cm³/mol. The normalized spacial score (nSPS) is 14.2. The molecule has 0 spiro atoms. The Bertz CT molecular complexity index is 808. The predicted octanol–water partition coefficient (Wildman–Crippen LogP) is 2.38. The summed E-state index contributed by atoms with van der Waals surface area (Å²) in [5.41, 5.74) is 0.559. The quantitative estimate of drug-likeness (QED) is 0.410. The number of fused-ring (bicyclic) bond motifs is 1. The summed E-state index contributed by atoms with van der Waals surface area (Å²) in [6, 6.07) is 0. The molecule has 1 fully saturated rings. The van der Waals surface area contributed by atoms with Crippen LogP contribution in [0.15, 0.2) is 16.4 Å². The van der Waals surface area contributed by atoms with Crippen molar-refractivity contribution in [1.29, 1.82) is 0 Å². The lowest BCUT2D eigenvalue weighted by molar-refractivity contribution is -0.115. The van der Waals surface area contributed by atoms with Gasteiger partial charge in [-0.05, 0) is 26.7 Å². The molecule has 0 amide bonds. The molecule has 0 aliphatic carbocycles. The van der Waals surface area contributed by atoms with Gasteiger partial charge < -0.3 is 4.90 Å². The Hall–Kier alpha value is -1.74. The van der Waals surface area contributed by atoms with Gasteiger partial charge in [0.05, 0.1) is 16.9 Å². The Balaban J connectivity index is 1.97. The third-order valence-electron chi connectivity index (χ3n) is 3.59. The zero-order chi connectivity index (χ0) is 17.8. The van der Waals surface area contributed by atoms with Crippen molar-refractivity contribution in [3.8, 4) is 0 Å². The Morgan fingerprint density at radius 2 is 1.72 bits per heavy atom. The average molecular weight is 377 g/mol. The van der Waals surface area contributed by atoms with E-state index in [2.05, 4.69) is 24.8 Å². The maximum atomic E-state index is 11.3. The average Bonchev–Trinajstić information content (AvgIpc) is 3.11. The summed E-state index contributed by atoms with van der Waals surface area (Å²) in [5, 5.41) is 1.92. The molecule has 2 aromatic heterocycles. The minimum atomic E-state index is 0.0621. The SMILES string of the molecule is CC(=O)CSc1nc(SCC(C)=O)c2cnc(N3CCCC3)nc2n1. The Labute approximate surface area is 154 Å². The van der Waals surface area contributed by atoms with Gasteiger partial charge in [-0.25, -0.2) is 15.0 Å². The molecular formula is C16H19N5O2S2. The van der Waals surface area contributed by atoms with Gasteiger partial charge in [0.15, 0.2) is 10.8 Å². The molecule has 1 aliphatic heterocycles. The van der Waals surface area contributed by atoms with Crippen molar-refractivity contribution in [1.82, 2.24) is 19.9 Å². The summed E-state index contributed by atoms with van der Waals surface area (Å²) in [5.74, 6) is 1.45. The second-order valence-corrected chi connectivity index (χ2v) is 7.80. The highest BCUT2D eigenvalue weighted by Crippen LogP contribution is 2.28. The van der Waals surface area contributed by atoms with Gasteiger partial charge >= 0.3 is 0 Å². The first-order valence-corrected chi connectivity index (χ1v) is 10.0. The van der Waals surface area contributed by atoms with Gasteiger partial charge in [-0.3, -0.25) is 9.59 Å². The molecule has 0 saturated carbocycles. The van der Waals surface area contributed by atoms with Gasteiger partial charge in [-0.2, -0.15) is 4.98 Å². The number of hydrogen-bond donors (Lipinski definition) is 0. The van der Waals surface area contributed by atoms with E-state index in [1.165, 1.54) is 30.4 Å². The van der Waals surface area contributed by atoms with E-state index >= 15 is 0 Å². The van der Waals surface area contributed by atoms with E-state index < -0.39 is 0 Å². The van der Waals surface area contributed by atoms with Crippen LogP contribution in [0, 0.1) is 0 Å². The van der Waals surface area contributed by atoms with E-state index in [1.54, 1.807) is 13.1 Å². The summed E-state index contributed by atoms with van der Waals surface area (Å²) in [6.45, 7) is 4.99.